The maximum Gasteiger partial charge on any atom is 0.296 e. The summed E-state index contributed by atoms with van der Waals surface area (Å²) in [6.07, 6.45) is 0. The summed E-state index contributed by atoms with van der Waals surface area (Å²) in [7, 11) is -4.55. The van der Waals surface area contributed by atoms with Crippen molar-refractivity contribution in [1.29, 1.82) is 0 Å². The van der Waals surface area contributed by atoms with Crippen molar-refractivity contribution in [2.45, 2.75) is 9.79 Å². The fourth-order valence-corrected chi connectivity index (χ4v) is 2.80. The Bertz CT molecular complexity index is 866. The molecular weight excluding hydrogens is 390 g/mol. The normalized spacial score (nSPS) is 11.3. The van der Waals surface area contributed by atoms with Gasteiger partial charge in [-0.25, -0.2) is 5.26 Å². The number of hydrogen-bond donors (Lipinski definition) is 6. The van der Waals surface area contributed by atoms with Gasteiger partial charge < -0.3 is 22.1 Å². The Labute approximate surface area is 151 Å². The Hall–Kier alpha value is -2.27. The van der Waals surface area contributed by atoms with Crippen molar-refractivity contribution in [1.82, 2.24) is 15.0 Å². The van der Waals surface area contributed by atoms with Crippen LogP contribution in [0.5, 0.6) is 0 Å². The molecule has 1 aromatic heterocycles. The minimum atomic E-state index is -4.55. The molecule has 0 unspecified atom stereocenters. The molecule has 0 amide bonds. The van der Waals surface area contributed by atoms with E-state index in [0.717, 1.165) is 6.07 Å². The molecule has 0 aliphatic rings. The molecule has 2 aromatic rings. The van der Waals surface area contributed by atoms with Crippen LogP contribution in [-0.2, 0) is 19.5 Å². The van der Waals surface area contributed by atoms with Gasteiger partial charge in [0.25, 0.3) is 10.1 Å². The van der Waals surface area contributed by atoms with Gasteiger partial charge in [-0.15, -0.1) is 4.33 Å². The number of nitrogens with zero attached hydrogens (tertiary/aromatic N) is 3. The van der Waals surface area contributed by atoms with E-state index < -0.39 is 15.0 Å². The monoisotopic (exact) mass is 405 g/mol. The third kappa shape index (κ3) is 5.63. The molecule has 15 heteroatoms. The fraction of sp³-hybridized carbons (Fsp3) is 0.182. The first-order valence-corrected chi connectivity index (χ1v) is 9.00. The van der Waals surface area contributed by atoms with Crippen molar-refractivity contribution in [3.63, 3.8) is 0 Å². The average molecular weight is 405 g/mol. The van der Waals surface area contributed by atoms with Gasteiger partial charge in [-0.3, -0.25) is 4.55 Å². The fourth-order valence-electron chi connectivity index (χ4n) is 1.77. The number of rotatable bonds is 9. The number of nitrogens with one attached hydrogen (secondary N) is 2. The van der Waals surface area contributed by atoms with Crippen LogP contribution in [0.3, 0.4) is 0 Å². The van der Waals surface area contributed by atoms with E-state index in [9.17, 15) is 13.0 Å². The van der Waals surface area contributed by atoms with Crippen LogP contribution in [0.15, 0.2) is 28.0 Å². The second-order valence-corrected chi connectivity index (χ2v) is 6.70. The van der Waals surface area contributed by atoms with Crippen LogP contribution in [0.1, 0.15) is 0 Å². The van der Waals surface area contributed by atoms with Crippen LogP contribution in [0.2, 0.25) is 0 Å². The van der Waals surface area contributed by atoms with E-state index in [1.807, 2.05) is 0 Å². The van der Waals surface area contributed by atoms with E-state index >= 15 is 0 Å². The third-order valence-electron chi connectivity index (χ3n) is 2.72. The van der Waals surface area contributed by atoms with Gasteiger partial charge in [0.15, 0.2) is 0 Å². The molecule has 1 heterocycles. The summed E-state index contributed by atoms with van der Waals surface area (Å²) in [6, 6.07) is 3.71. The average Bonchev–Trinajstić information content (AvgIpc) is 2.56. The quantitative estimate of drug-likeness (QED) is 0.143. The summed E-state index contributed by atoms with van der Waals surface area (Å²) in [5.74, 6) is -0.0808. The van der Waals surface area contributed by atoms with Gasteiger partial charge in [-0.05, 0) is 18.2 Å². The Morgan fingerprint density at radius 1 is 1.23 bits per heavy atom. The van der Waals surface area contributed by atoms with Gasteiger partial charge in [0.2, 0.25) is 17.8 Å². The molecule has 0 aliphatic heterocycles. The molecular formula is C11H15N7O6S2. The van der Waals surface area contributed by atoms with Crippen LogP contribution in [0.4, 0.5) is 23.5 Å². The van der Waals surface area contributed by atoms with Gasteiger partial charge in [0.05, 0.1) is 17.7 Å². The number of aromatic nitrogens is 3. The Kier molecular flexibility index (Phi) is 6.86. The molecule has 26 heavy (non-hydrogen) atoms. The van der Waals surface area contributed by atoms with Crippen LogP contribution in [0.25, 0.3) is 0 Å². The lowest BCUT2D eigenvalue weighted by Crippen LogP contribution is -2.16. The lowest BCUT2D eigenvalue weighted by Gasteiger charge is -2.12. The lowest BCUT2D eigenvalue weighted by molar-refractivity contribution is -0.432. The van der Waals surface area contributed by atoms with Crippen LogP contribution in [-0.4, -0.2) is 46.3 Å². The molecule has 0 aliphatic carbocycles. The molecule has 142 valence electrons. The summed E-state index contributed by atoms with van der Waals surface area (Å²) < 4.78 is 36.8. The summed E-state index contributed by atoms with van der Waals surface area (Å²) in [5.41, 5.74) is 10.9. The smallest absolute Gasteiger partial charge is 0.296 e. The standard InChI is InChI=1S/C11H15N7O6S2/c12-3-4-14-10-16-9(13)17-11(18-10)15-7-5-6(25-24-23-19)1-2-8(7)26(20,21)22/h1-2,5,19H,3-4,12H2,(H,20,21,22)(H4,13,14,15,16,17,18). The minimum Gasteiger partial charge on any atom is -0.368 e. The molecule has 0 atom stereocenters. The SMILES string of the molecule is NCCNc1nc(N)nc(Nc2cc(SOOO)ccc2S(=O)(=O)O)n1. The van der Waals surface area contributed by atoms with Gasteiger partial charge in [0, 0.05) is 18.0 Å². The van der Waals surface area contributed by atoms with Gasteiger partial charge in [-0.2, -0.15) is 23.4 Å². The molecule has 0 radical (unpaired) electrons. The van der Waals surface area contributed by atoms with Gasteiger partial charge in [-0.1, -0.05) is 5.04 Å². The predicted octanol–water partition coefficient (Wildman–Crippen LogP) is 0.243. The number of hydrogen-bond acceptors (Lipinski definition) is 13. The zero-order valence-electron chi connectivity index (χ0n) is 13.0. The van der Waals surface area contributed by atoms with Crippen molar-refractivity contribution < 1.29 is 27.6 Å². The van der Waals surface area contributed by atoms with Crippen molar-refractivity contribution in [2.24, 2.45) is 5.73 Å². The predicted molar refractivity (Wildman–Crippen MR) is 92.0 cm³/mol. The summed E-state index contributed by atoms with van der Waals surface area (Å²) in [4.78, 5) is 11.6. The molecule has 13 nitrogen and oxygen atoms in total. The molecule has 8 N–H and O–H groups in total. The molecule has 0 fully saturated rings. The van der Waals surface area contributed by atoms with Crippen molar-refractivity contribution in [2.75, 3.05) is 29.5 Å². The minimum absolute atomic E-state index is 0.0746. The van der Waals surface area contributed by atoms with Crippen molar-refractivity contribution in [3.8, 4) is 0 Å². The second kappa shape index (κ2) is 8.90. The summed E-state index contributed by atoms with van der Waals surface area (Å²) in [6.45, 7) is 0.706. The third-order valence-corrected chi connectivity index (χ3v) is 4.20. The van der Waals surface area contributed by atoms with E-state index in [1.165, 1.54) is 12.1 Å². The highest BCUT2D eigenvalue weighted by atomic mass is 32.2. The molecule has 0 bridgehead atoms. The Balaban J connectivity index is 2.38. The second-order valence-electron chi connectivity index (χ2n) is 4.54. The van der Waals surface area contributed by atoms with Crippen LogP contribution in [0, 0.1) is 0 Å². The van der Waals surface area contributed by atoms with Crippen molar-refractivity contribution in [3.05, 3.63) is 18.2 Å². The maximum atomic E-state index is 11.6. The van der Waals surface area contributed by atoms with E-state index in [4.69, 9.17) is 16.7 Å². The molecule has 0 saturated heterocycles. The Morgan fingerprint density at radius 2 is 1.96 bits per heavy atom. The van der Waals surface area contributed by atoms with E-state index in [2.05, 4.69) is 35.0 Å². The number of anilines is 4. The maximum absolute atomic E-state index is 11.6. The number of nitrogens with two attached hydrogens (primary N) is 2. The topological polar surface area (TPSA) is 208 Å². The van der Waals surface area contributed by atoms with E-state index in [-0.39, 0.29) is 23.5 Å². The Morgan fingerprint density at radius 3 is 2.62 bits per heavy atom. The largest absolute Gasteiger partial charge is 0.368 e. The molecule has 2 rings (SSSR count). The highest BCUT2D eigenvalue weighted by Crippen LogP contribution is 2.30. The first-order valence-electron chi connectivity index (χ1n) is 6.82. The number of benzene rings is 1. The molecule has 0 saturated carbocycles. The summed E-state index contributed by atoms with van der Waals surface area (Å²) in [5, 5.41) is 17.1. The van der Waals surface area contributed by atoms with Crippen LogP contribution >= 0.6 is 12.0 Å². The zero-order valence-corrected chi connectivity index (χ0v) is 14.6. The van der Waals surface area contributed by atoms with Crippen LogP contribution < -0.4 is 22.1 Å². The van der Waals surface area contributed by atoms with Gasteiger partial charge >= 0.3 is 0 Å². The first kappa shape index (κ1) is 20.0. The number of nitrogen functional groups attached to an aromatic ring is 1. The molecule has 0 spiro atoms. The van der Waals surface area contributed by atoms with E-state index in [0.29, 0.717) is 30.0 Å². The summed E-state index contributed by atoms with van der Waals surface area (Å²) >= 11 is 0.589. The van der Waals surface area contributed by atoms with Gasteiger partial charge in [0.1, 0.15) is 4.90 Å². The first-order chi connectivity index (χ1) is 12.3. The molecule has 1 aromatic carbocycles. The highest BCUT2D eigenvalue weighted by Gasteiger charge is 2.18. The zero-order chi connectivity index (χ0) is 19.2. The highest BCUT2D eigenvalue weighted by molar-refractivity contribution is 7.94. The lowest BCUT2D eigenvalue weighted by atomic mass is 10.3. The van der Waals surface area contributed by atoms with Crippen molar-refractivity contribution >= 4 is 45.7 Å². The van der Waals surface area contributed by atoms with E-state index in [1.54, 1.807) is 0 Å².